The summed E-state index contributed by atoms with van der Waals surface area (Å²) < 4.78 is 0. The quantitative estimate of drug-likeness (QED) is 0.0403. The molecule has 0 N–H and O–H groups in total. The number of rotatable bonds is 18. The number of benzene rings is 2. The summed E-state index contributed by atoms with van der Waals surface area (Å²) in [6, 6.07) is 15.7. The first-order valence-corrected chi connectivity index (χ1v) is 36.2. The first-order valence-electron chi connectivity index (χ1n) is 21.5. The van der Waals surface area contributed by atoms with Gasteiger partial charge in [0, 0.05) is 0 Å². The first-order chi connectivity index (χ1) is 27.1. The van der Waals surface area contributed by atoms with E-state index < -0.39 is 12.0 Å². The normalized spacial score (nSPS) is 11.2. The van der Waals surface area contributed by atoms with Gasteiger partial charge < -0.3 is 13.8 Å². The molecule has 0 unspecified atom stereocenters. The van der Waals surface area contributed by atoms with Crippen LogP contribution in [0.2, 0.25) is 12.1 Å². The van der Waals surface area contributed by atoms with Gasteiger partial charge in [-0.25, -0.2) is 0 Å². The molecule has 4 aromatic carbocycles. The average molecular weight is 1110 g/mol. The van der Waals surface area contributed by atoms with E-state index in [0.29, 0.717) is 23.7 Å². The van der Waals surface area contributed by atoms with E-state index in [-0.39, 0.29) is 24.8 Å². The van der Waals surface area contributed by atoms with E-state index in [4.69, 9.17) is 66.5 Å². The van der Waals surface area contributed by atoms with E-state index in [1.807, 2.05) is 0 Å². The molecule has 0 heterocycles. The summed E-state index contributed by atoms with van der Waals surface area (Å²) in [5.41, 5.74) is 8.66. The van der Waals surface area contributed by atoms with Crippen molar-refractivity contribution in [3.05, 3.63) is 95.8 Å². The van der Waals surface area contributed by atoms with Crippen LogP contribution in [0.4, 0.5) is 0 Å². The van der Waals surface area contributed by atoms with Gasteiger partial charge in [-0.3, -0.25) is 0 Å². The van der Waals surface area contributed by atoms with Gasteiger partial charge in [-0.15, -0.1) is 148 Å². The van der Waals surface area contributed by atoms with Crippen molar-refractivity contribution < 1.29 is 23.3 Å². The fraction of sp³-hybridized carbons (Fsp3) is 0.583. The van der Waals surface area contributed by atoms with Crippen molar-refractivity contribution in [1.82, 2.24) is 0 Å². The van der Waals surface area contributed by atoms with Crippen molar-refractivity contribution in [2.45, 2.75) is 182 Å². The van der Waals surface area contributed by atoms with Crippen LogP contribution in [-0.2, 0) is 23.3 Å². The molecule has 0 fully saturated rings. The molecule has 60 heavy (non-hydrogen) atoms. The Morgan fingerprint density at radius 3 is 1.02 bits per heavy atom. The topological polar surface area (TPSA) is 0 Å². The maximum absolute atomic E-state index is 5.73. The molecular weight excluding hydrogens is 1040 g/mol. The van der Waals surface area contributed by atoms with Crippen molar-refractivity contribution in [1.29, 1.82) is 0 Å². The minimum absolute atomic E-state index is 0. The zero-order valence-electron chi connectivity index (χ0n) is 38.3. The van der Waals surface area contributed by atoms with Crippen molar-refractivity contribution >= 4 is 132 Å². The Morgan fingerprint density at radius 1 is 0.483 bits per heavy atom. The Kier molecular flexibility index (Phi) is 39.1. The van der Waals surface area contributed by atoms with Crippen LogP contribution in [0.25, 0.3) is 21.5 Å². The van der Waals surface area contributed by atoms with E-state index >= 15 is 0 Å². The van der Waals surface area contributed by atoms with E-state index in [1.165, 1.54) is 130 Å². The predicted octanol–water partition coefficient (Wildman–Crippen LogP) is 20.3. The van der Waals surface area contributed by atoms with E-state index in [1.54, 1.807) is 0 Å². The second-order valence-corrected chi connectivity index (χ2v) is 35.4. The van der Waals surface area contributed by atoms with Gasteiger partial charge in [0.1, 0.15) is 0 Å². The minimum atomic E-state index is -2.32. The van der Waals surface area contributed by atoms with E-state index in [9.17, 15) is 0 Å². The molecule has 344 valence electrons. The number of halogens is 8. The molecular formula is C48H76Cl8Si3Zr-4. The molecule has 0 saturated carbocycles. The molecule has 0 aliphatic heterocycles. The fourth-order valence-electron chi connectivity index (χ4n) is 6.73. The zero-order chi connectivity index (χ0) is 44.6. The van der Waals surface area contributed by atoms with Crippen LogP contribution in [0.5, 0.6) is 0 Å². The molecule has 0 amide bonds. The van der Waals surface area contributed by atoms with Crippen molar-refractivity contribution in [3.63, 3.8) is 0 Å². The van der Waals surface area contributed by atoms with Crippen LogP contribution in [0, 0.1) is 27.7 Å². The van der Waals surface area contributed by atoms with Gasteiger partial charge in [-0.05, 0) is 35.8 Å². The molecule has 4 aromatic rings. The predicted molar refractivity (Wildman–Crippen MR) is 288 cm³/mol. The van der Waals surface area contributed by atoms with Gasteiger partial charge in [0.25, 0.3) is 0 Å². The molecule has 2 radical (unpaired) electrons. The maximum atomic E-state index is 5.73. The number of aryl methyl sites for hydroxylation is 2. The van der Waals surface area contributed by atoms with Gasteiger partial charge >= 0.3 is 42.2 Å². The third kappa shape index (κ3) is 29.2. The van der Waals surface area contributed by atoms with Gasteiger partial charge in [0.05, 0.1) is 0 Å². The van der Waals surface area contributed by atoms with Gasteiger partial charge in [-0.1, -0.05) is 168 Å². The fourth-order valence-corrected chi connectivity index (χ4v) is 10.4. The molecule has 4 rings (SSSR count). The van der Waals surface area contributed by atoms with E-state index in [0.717, 1.165) is 37.8 Å². The van der Waals surface area contributed by atoms with Gasteiger partial charge in [-0.2, -0.15) is 25.0 Å². The Hall–Kier alpha value is 1.51. The molecule has 0 bridgehead atoms. The molecule has 0 saturated heterocycles. The molecule has 12 heteroatoms. The van der Waals surface area contributed by atoms with E-state index in [2.05, 4.69) is 138 Å². The molecule has 0 atom stereocenters. The van der Waals surface area contributed by atoms with Crippen LogP contribution in [0.1, 0.15) is 189 Å². The molecule has 0 aliphatic carbocycles. The summed E-state index contributed by atoms with van der Waals surface area (Å²) in [6.45, 7) is 33.2. The van der Waals surface area contributed by atoms with Crippen LogP contribution in [-0.4, -0.2) is 18.9 Å². The van der Waals surface area contributed by atoms with Crippen molar-refractivity contribution in [2.75, 3.05) is 0 Å². The summed E-state index contributed by atoms with van der Waals surface area (Å²) in [4.78, 5) is 0. The number of hydrogen-bond acceptors (Lipinski definition) is 0. The van der Waals surface area contributed by atoms with Crippen molar-refractivity contribution in [2.24, 2.45) is 0 Å². The van der Waals surface area contributed by atoms with Crippen LogP contribution < -0.4 is 0 Å². The number of fused-ring (bicyclic) bond motifs is 2. The summed E-state index contributed by atoms with van der Waals surface area (Å²) in [5.74, 6) is 2.42. The summed E-state index contributed by atoms with van der Waals surface area (Å²) in [7, 11) is 0. The molecule has 0 aromatic heterocycles. The van der Waals surface area contributed by atoms with Crippen molar-refractivity contribution in [3.8, 4) is 0 Å². The Morgan fingerprint density at radius 2 is 0.767 bits per heavy atom. The molecule has 0 nitrogen and oxygen atoms in total. The first kappa shape index (κ1) is 65.8. The number of unbranched alkanes of at least 4 members (excludes halogenated alkanes) is 10. The van der Waals surface area contributed by atoms with Gasteiger partial charge in [0.2, 0.25) is 0 Å². The second kappa shape index (κ2) is 35.7. The monoisotopic (exact) mass is 1110 g/mol. The summed E-state index contributed by atoms with van der Waals surface area (Å²) in [6.07, 6.45) is 14.1. The Labute approximate surface area is 428 Å². The standard InChI is InChI=1S/2C16H21.2C8H16Cl3Si.2ClH.Si.Zr/c2*1-10(2)13-8-14-6-12(5)7-16(14)15(9-13)11(3)4;2*1-2-3-4-5-6-7-8-12(9,10)11;;;;/h2*6-11H,1-5H3;2*1-8H2;2*1H;;/q4*-1;;;;. The summed E-state index contributed by atoms with van der Waals surface area (Å²) >= 11 is 35.8. The SMILES string of the molecule is Cc1cc2c(C(C)C)cc(C(C)C)cc2[cH-]1.Cc1cc2c(C(C)C)cc(C(C)C)cc2[cH-]1.Cl.Cl.[CH2-]CCCCCCC[Si](Cl)(Cl)Cl.[CH2-]CCCCCCC[Si](Cl)(Cl)Cl.[Si]=[Zr]. The molecule has 0 spiro atoms. The van der Waals surface area contributed by atoms with Crippen LogP contribution in [0.3, 0.4) is 0 Å². The second-order valence-electron chi connectivity index (χ2n) is 16.9. The number of hydrogen-bond donors (Lipinski definition) is 0. The third-order valence-electron chi connectivity index (χ3n) is 10.0. The van der Waals surface area contributed by atoms with Crippen LogP contribution in [0.15, 0.2) is 48.5 Å². The third-order valence-corrected chi connectivity index (χ3v) is 15.3. The van der Waals surface area contributed by atoms with Gasteiger partial charge in [0.15, 0.2) is 0 Å². The Balaban J connectivity index is -0.000000712. The molecule has 0 aliphatic rings. The van der Waals surface area contributed by atoms with Crippen LogP contribution >= 0.6 is 91.3 Å². The zero-order valence-corrected chi connectivity index (χ0v) is 50.0. The average Bonchev–Trinajstić information content (AvgIpc) is 3.71. The summed E-state index contributed by atoms with van der Waals surface area (Å²) in [5, 5.41) is 5.70. The Bertz CT molecular complexity index is 1550.